The third kappa shape index (κ3) is 2.41. The van der Waals surface area contributed by atoms with Gasteiger partial charge in [-0.1, -0.05) is 13.8 Å². The predicted octanol–water partition coefficient (Wildman–Crippen LogP) is 1.06. The van der Waals surface area contributed by atoms with Gasteiger partial charge in [-0.15, -0.1) is 0 Å². The van der Waals surface area contributed by atoms with Crippen molar-refractivity contribution in [1.29, 1.82) is 0 Å². The molecule has 0 spiro atoms. The van der Waals surface area contributed by atoms with Gasteiger partial charge in [0.25, 0.3) is 0 Å². The van der Waals surface area contributed by atoms with Gasteiger partial charge < -0.3 is 10.2 Å². The zero-order valence-electron chi connectivity index (χ0n) is 7.26. The van der Waals surface area contributed by atoms with Crippen LogP contribution in [0, 0.1) is 5.92 Å². The van der Waals surface area contributed by atoms with Crippen molar-refractivity contribution in [3.8, 4) is 0 Å². The lowest BCUT2D eigenvalue weighted by Crippen LogP contribution is -2.48. The van der Waals surface area contributed by atoms with Crippen LogP contribution in [0.15, 0.2) is 0 Å². The molecule has 0 unspecified atom stereocenters. The number of nitrogens with zero attached hydrogens (tertiary/aromatic N) is 1. The summed E-state index contributed by atoms with van der Waals surface area (Å²) in [7, 11) is 0. The van der Waals surface area contributed by atoms with Gasteiger partial charge >= 0.3 is 6.03 Å². The second-order valence-corrected chi connectivity index (χ2v) is 3.42. The van der Waals surface area contributed by atoms with Crippen molar-refractivity contribution in [2.24, 2.45) is 5.92 Å². The van der Waals surface area contributed by atoms with Gasteiger partial charge in [-0.2, -0.15) is 0 Å². The molecule has 0 aliphatic carbocycles. The van der Waals surface area contributed by atoms with Crippen molar-refractivity contribution in [2.75, 3.05) is 19.6 Å². The van der Waals surface area contributed by atoms with E-state index in [0.717, 1.165) is 26.1 Å². The summed E-state index contributed by atoms with van der Waals surface area (Å²) >= 11 is 0. The summed E-state index contributed by atoms with van der Waals surface area (Å²) in [5, 5.41) is 2.87. The van der Waals surface area contributed by atoms with E-state index < -0.39 is 0 Å². The molecule has 0 atom stereocenters. The average Bonchev–Trinajstić information content (AvgIpc) is 1.79. The number of urea groups is 1. The monoisotopic (exact) mass is 156 g/mol. The summed E-state index contributed by atoms with van der Waals surface area (Å²) < 4.78 is 0. The summed E-state index contributed by atoms with van der Waals surface area (Å²) in [5.41, 5.74) is 0. The molecule has 11 heavy (non-hydrogen) atoms. The number of likely N-dealkylation sites (tertiary alicyclic amines) is 1. The number of carbonyl (C=O) groups is 1. The van der Waals surface area contributed by atoms with Crippen LogP contribution in [0.5, 0.6) is 0 Å². The Morgan fingerprint density at radius 3 is 2.55 bits per heavy atom. The van der Waals surface area contributed by atoms with Gasteiger partial charge in [-0.05, 0) is 12.3 Å². The van der Waals surface area contributed by atoms with E-state index in [1.54, 1.807) is 0 Å². The lowest BCUT2D eigenvalue weighted by atomic mass is 10.2. The Balaban J connectivity index is 2.10. The zero-order valence-corrected chi connectivity index (χ0v) is 7.26. The molecule has 1 aliphatic heterocycles. The first kappa shape index (κ1) is 8.37. The van der Waals surface area contributed by atoms with Gasteiger partial charge in [0.15, 0.2) is 0 Å². The number of hydrogen-bond acceptors (Lipinski definition) is 1. The van der Waals surface area contributed by atoms with Gasteiger partial charge in [0.2, 0.25) is 0 Å². The fourth-order valence-electron chi connectivity index (χ4n) is 0.923. The molecule has 0 aromatic carbocycles. The molecule has 64 valence electrons. The normalized spacial score (nSPS) is 16.5. The highest BCUT2D eigenvalue weighted by molar-refractivity contribution is 5.74. The Labute approximate surface area is 67.8 Å². The molecule has 0 aromatic rings. The Morgan fingerprint density at radius 2 is 2.18 bits per heavy atom. The lowest BCUT2D eigenvalue weighted by molar-refractivity contribution is 0.166. The third-order valence-corrected chi connectivity index (χ3v) is 1.80. The third-order valence-electron chi connectivity index (χ3n) is 1.80. The van der Waals surface area contributed by atoms with Gasteiger partial charge in [-0.3, -0.25) is 0 Å². The van der Waals surface area contributed by atoms with Crippen LogP contribution in [0.25, 0.3) is 0 Å². The van der Waals surface area contributed by atoms with Crippen LogP contribution in [0.4, 0.5) is 4.79 Å². The van der Waals surface area contributed by atoms with E-state index in [1.807, 2.05) is 4.90 Å². The largest absolute Gasteiger partial charge is 0.338 e. The van der Waals surface area contributed by atoms with Crippen molar-refractivity contribution >= 4 is 6.03 Å². The molecule has 1 rings (SSSR count). The standard InChI is InChI=1S/C8H16N2O/c1-7(2)6-9-8(11)10-4-3-5-10/h7H,3-6H2,1-2H3,(H,9,11). The maximum Gasteiger partial charge on any atom is 0.317 e. The topological polar surface area (TPSA) is 32.3 Å². The number of amides is 2. The zero-order chi connectivity index (χ0) is 8.27. The van der Waals surface area contributed by atoms with Crippen LogP contribution in [0.1, 0.15) is 20.3 Å². The molecule has 0 radical (unpaired) electrons. The van der Waals surface area contributed by atoms with Gasteiger partial charge in [-0.25, -0.2) is 4.79 Å². The molecule has 1 N–H and O–H groups in total. The van der Waals surface area contributed by atoms with Crippen LogP contribution in [-0.4, -0.2) is 30.6 Å². The fraction of sp³-hybridized carbons (Fsp3) is 0.875. The average molecular weight is 156 g/mol. The Morgan fingerprint density at radius 1 is 1.55 bits per heavy atom. The van der Waals surface area contributed by atoms with E-state index in [0.29, 0.717) is 5.92 Å². The van der Waals surface area contributed by atoms with Crippen molar-refractivity contribution < 1.29 is 4.79 Å². The summed E-state index contributed by atoms with van der Waals surface area (Å²) in [5.74, 6) is 0.542. The Bertz CT molecular complexity index is 141. The Hall–Kier alpha value is -0.730. The quantitative estimate of drug-likeness (QED) is 0.637. The SMILES string of the molecule is CC(C)CNC(=O)N1CCC1. The lowest BCUT2D eigenvalue weighted by Gasteiger charge is -2.31. The van der Waals surface area contributed by atoms with Crippen molar-refractivity contribution in [3.05, 3.63) is 0 Å². The minimum Gasteiger partial charge on any atom is -0.338 e. The molecular formula is C8H16N2O. The molecule has 0 saturated carbocycles. The summed E-state index contributed by atoms with van der Waals surface area (Å²) in [4.78, 5) is 13.0. The van der Waals surface area contributed by atoms with Crippen LogP contribution in [-0.2, 0) is 0 Å². The minimum absolute atomic E-state index is 0.102. The van der Waals surface area contributed by atoms with Crippen molar-refractivity contribution in [2.45, 2.75) is 20.3 Å². The number of nitrogens with one attached hydrogen (secondary N) is 1. The Kier molecular flexibility index (Phi) is 2.74. The first-order valence-electron chi connectivity index (χ1n) is 4.23. The maximum atomic E-state index is 11.1. The van der Waals surface area contributed by atoms with Crippen LogP contribution in [0.2, 0.25) is 0 Å². The van der Waals surface area contributed by atoms with E-state index in [1.165, 1.54) is 0 Å². The van der Waals surface area contributed by atoms with Gasteiger partial charge in [0.1, 0.15) is 0 Å². The maximum absolute atomic E-state index is 11.1. The van der Waals surface area contributed by atoms with Crippen molar-refractivity contribution in [3.63, 3.8) is 0 Å². The molecule has 1 saturated heterocycles. The molecule has 1 fully saturated rings. The number of carbonyl (C=O) groups excluding carboxylic acids is 1. The van der Waals surface area contributed by atoms with Crippen LogP contribution in [0.3, 0.4) is 0 Å². The summed E-state index contributed by atoms with van der Waals surface area (Å²) in [6.07, 6.45) is 1.16. The number of hydrogen-bond donors (Lipinski definition) is 1. The molecule has 1 aliphatic rings. The predicted molar refractivity (Wildman–Crippen MR) is 44.4 cm³/mol. The van der Waals surface area contributed by atoms with E-state index in [2.05, 4.69) is 19.2 Å². The van der Waals surface area contributed by atoms with Gasteiger partial charge in [0, 0.05) is 19.6 Å². The molecular weight excluding hydrogens is 140 g/mol. The van der Waals surface area contributed by atoms with Gasteiger partial charge in [0.05, 0.1) is 0 Å². The van der Waals surface area contributed by atoms with E-state index in [4.69, 9.17) is 0 Å². The molecule has 3 heteroatoms. The molecule has 3 nitrogen and oxygen atoms in total. The molecule has 0 aromatic heterocycles. The minimum atomic E-state index is 0.102. The highest BCUT2D eigenvalue weighted by Gasteiger charge is 2.19. The smallest absolute Gasteiger partial charge is 0.317 e. The first-order valence-corrected chi connectivity index (χ1v) is 4.23. The second-order valence-electron chi connectivity index (χ2n) is 3.42. The summed E-state index contributed by atoms with van der Waals surface area (Å²) in [6.45, 7) is 6.84. The van der Waals surface area contributed by atoms with Crippen LogP contribution >= 0.6 is 0 Å². The first-order chi connectivity index (χ1) is 5.20. The fourth-order valence-corrected chi connectivity index (χ4v) is 0.923. The molecule has 1 heterocycles. The molecule has 0 bridgehead atoms. The summed E-state index contributed by atoms with van der Waals surface area (Å²) in [6, 6.07) is 0.102. The van der Waals surface area contributed by atoms with E-state index in [9.17, 15) is 4.79 Å². The highest BCUT2D eigenvalue weighted by Crippen LogP contribution is 2.04. The second kappa shape index (κ2) is 3.60. The number of rotatable bonds is 2. The highest BCUT2D eigenvalue weighted by atomic mass is 16.2. The molecule has 2 amide bonds. The van der Waals surface area contributed by atoms with Crippen LogP contribution < -0.4 is 5.32 Å². The van der Waals surface area contributed by atoms with Crippen molar-refractivity contribution in [1.82, 2.24) is 10.2 Å². The van der Waals surface area contributed by atoms with E-state index in [-0.39, 0.29) is 6.03 Å². The van der Waals surface area contributed by atoms with E-state index >= 15 is 0 Å².